The number of aliphatic hydroxyl groups is 1. The summed E-state index contributed by atoms with van der Waals surface area (Å²) in [4.78, 5) is 31.9. The molecule has 0 aliphatic heterocycles. The molecule has 7 heteroatoms. The van der Waals surface area contributed by atoms with Crippen LogP contribution in [0.5, 0.6) is 0 Å². The summed E-state index contributed by atoms with van der Waals surface area (Å²) in [5.41, 5.74) is 1.03. The molecule has 3 N–H and O–H groups in total. The van der Waals surface area contributed by atoms with Gasteiger partial charge in [0.15, 0.2) is 0 Å². The molecule has 122 valence electrons. The first-order valence-corrected chi connectivity index (χ1v) is 7.28. The fraction of sp³-hybridized carbons (Fsp3) is 0.118. The summed E-state index contributed by atoms with van der Waals surface area (Å²) >= 11 is 0. The van der Waals surface area contributed by atoms with E-state index in [0.29, 0.717) is 21.5 Å². The van der Waals surface area contributed by atoms with Gasteiger partial charge in [-0.3, -0.25) is 4.79 Å². The Hall–Kier alpha value is -3.19. The lowest BCUT2D eigenvalue weighted by Gasteiger charge is -2.21. The predicted octanol–water partition coefficient (Wildman–Crippen LogP) is 2.35. The Morgan fingerprint density at radius 3 is 2.54 bits per heavy atom. The second-order valence-corrected chi connectivity index (χ2v) is 5.20. The van der Waals surface area contributed by atoms with Crippen molar-refractivity contribution in [3.8, 4) is 0 Å². The molecule has 0 aliphatic rings. The number of imide groups is 1. The monoisotopic (exact) mass is 325 g/mol. The summed E-state index contributed by atoms with van der Waals surface area (Å²) in [6.07, 6.45) is 0.136. The Bertz CT molecular complexity index is 843. The Balaban J connectivity index is 2.01. The van der Waals surface area contributed by atoms with Gasteiger partial charge in [0.1, 0.15) is 11.5 Å². The number of carbonyl (C=O) groups is 2. The number of nitrogens with zero attached hydrogens (tertiary/aromatic N) is 2. The van der Waals surface area contributed by atoms with Crippen molar-refractivity contribution in [2.75, 3.05) is 11.5 Å². The van der Waals surface area contributed by atoms with Crippen LogP contribution < -0.4 is 4.90 Å². The zero-order valence-corrected chi connectivity index (χ0v) is 12.6. The van der Waals surface area contributed by atoms with Gasteiger partial charge in [0, 0.05) is 11.6 Å². The Labute approximate surface area is 137 Å². The lowest BCUT2D eigenvalue weighted by atomic mass is 9.98. The van der Waals surface area contributed by atoms with Gasteiger partial charge in [-0.1, -0.05) is 30.3 Å². The molecule has 2 heterocycles. The van der Waals surface area contributed by atoms with Crippen molar-refractivity contribution in [2.24, 2.45) is 0 Å². The highest BCUT2D eigenvalue weighted by molar-refractivity contribution is 6.14. The summed E-state index contributed by atoms with van der Waals surface area (Å²) in [6.45, 7) is -0.495. The van der Waals surface area contributed by atoms with E-state index in [1.54, 1.807) is 48.7 Å². The molecule has 0 radical (unpaired) electrons. The highest BCUT2D eigenvalue weighted by Crippen LogP contribution is 2.25. The number of carbonyl (C=O) groups excluding carboxylic acids is 1. The topological polar surface area (TPSA) is 107 Å². The number of H-pyrrole nitrogens is 1. The standard InChI is InChI=1S/C17H15N3O4/c21-10-13(11-5-2-1-3-6-11)16(22)20(17(23)24)14-9-12-7-4-8-18-15(12)19-14/h1-9,13,21H,10H2,(H,18,19)(H,23,24). The number of benzene rings is 1. The van der Waals surface area contributed by atoms with Crippen LogP contribution in [0.3, 0.4) is 0 Å². The number of rotatable bonds is 4. The minimum absolute atomic E-state index is 0.0931. The third kappa shape index (κ3) is 2.84. The van der Waals surface area contributed by atoms with Gasteiger partial charge in [-0.2, -0.15) is 4.90 Å². The summed E-state index contributed by atoms with van der Waals surface area (Å²) in [5, 5.41) is 19.8. The van der Waals surface area contributed by atoms with Crippen LogP contribution in [0, 0.1) is 0 Å². The van der Waals surface area contributed by atoms with Crippen LogP contribution in [0.2, 0.25) is 0 Å². The molecule has 7 nitrogen and oxygen atoms in total. The number of hydrogen-bond acceptors (Lipinski definition) is 4. The molecule has 0 fully saturated rings. The van der Waals surface area contributed by atoms with Crippen LogP contribution in [0.15, 0.2) is 54.7 Å². The van der Waals surface area contributed by atoms with Gasteiger partial charge in [-0.25, -0.2) is 9.78 Å². The lowest BCUT2D eigenvalue weighted by molar-refractivity contribution is -0.120. The summed E-state index contributed by atoms with van der Waals surface area (Å²) < 4.78 is 0. The largest absolute Gasteiger partial charge is 0.464 e. The number of anilines is 1. The molecular formula is C17H15N3O4. The van der Waals surface area contributed by atoms with Gasteiger partial charge in [-0.05, 0) is 23.8 Å². The van der Waals surface area contributed by atoms with Crippen LogP contribution in [0.25, 0.3) is 11.0 Å². The van der Waals surface area contributed by atoms with E-state index < -0.39 is 24.5 Å². The van der Waals surface area contributed by atoms with Crippen molar-refractivity contribution in [1.82, 2.24) is 9.97 Å². The van der Waals surface area contributed by atoms with E-state index in [2.05, 4.69) is 9.97 Å². The Morgan fingerprint density at radius 1 is 1.17 bits per heavy atom. The number of aromatic nitrogens is 2. The highest BCUT2D eigenvalue weighted by Gasteiger charge is 2.32. The number of fused-ring (bicyclic) bond motifs is 1. The van der Waals surface area contributed by atoms with Crippen molar-refractivity contribution >= 4 is 28.9 Å². The first-order valence-electron chi connectivity index (χ1n) is 7.28. The normalized spacial score (nSPS) is 12.0. The fourth-order valence-corrected chi connectivity index (χ4v) is 2.55. The number of hydrogen-bond donors (Lipinski definition) is 3. The van der Waals surface area contributed by atoms with Gasteiger partial charge >= 0.3 is 6.09 Å². The van der Waals surface area contributed by atoms with Gasteiger partial charge in [0.05, 0.1) is 12.5 Å². The molecule has 0 saturated heterocycles. The molecule has 1 aromatic carbocycles. The molecule has 3 rings (SSSR count). The van der Waals surface area contributed by atoms with Crippen LogP contribution in [-0.4, -0.2) is 38.8 Å². The second-order valence-electron chi connectivity index (χ2n) is 5.20. The van der Waals surface area contributed by atoms with Gasteiger partial charge in [0.2, 0.25) is 5.91 Å². The molecule has 2 aromatic heterocycles. The van der Waals surface area contributed by atoms with E-state index in [0.717, 1.165) is 0 Å². The molecular weight excluding hydrogens is 310 g/mol. The van der Waals surface area contributed by atoms with Crippen molar-refractivity contribution in [3.05, 3.63) is 60.3 Å². The predicted molar refractivity (Wildman–Crippen MR) is 87.9 cm³/mol. The van der Waals surface area contributed by atoms with Gasteiger partial charge < -0.3 is 15.2 Å². The summed E-state index contributed by atoms with van der Waals surface area (Å²) in [7, 11) is 0. The highest BCUT2D eigenvalue weighted by atomic mass is 16.4. The molecule has 2 amide bonds. The van der Waals surface area contributed by atoms with Crippen LogP contribution >= 0.6 is 0 Å². The molecule has 0 saturated carbocycles. The first kappa shape index (κ1) is 15.7. The SMILES string of the molecule is O=C(O)N(C(=O)C(CO)c1ccccc1)c1cc2cccnc2[nH]1. The average molecular weight is 325 g/mol. The average Bonchev–Trinajstić information content (AvgIpc) is 2.99. The van der Waals surface area contributed by atoms with E-state index in [-0.39, 0.29) is 5.82 Å². The summed E-state index contributed by atoms with van der Waals surface area (Å²) in [6, 6.07) is 13.6. The third-order valence-corrected chi connectivity index (χ3v) is 3.71. The van der Waals surface area contributed by atoms with E-state index in [9.17, 15) is 19.8 Å². The number of amides is 2. The maximum absolute atomic E-state index is 12.7. The van der Waals surface area contributed by atoms with Crippen LogP contribution in [-0.2, 0) is 4.79 Å². The molecule has 1 unspecified atom stereocenters. The van der Waals surface area contributed by atoms with Crippen molar-refractivity contribution in [3.63, 3.8) is 0 Å². The second kappa shape index (κ2) is 6.51. The van der Waals surface area contributed by atoms with Gasteiger partial charge in [0.25, 0.3) is 0 Å². The van der Waals surface area contributed by atoms with Crippen molar-refractivity contribution in [2.45, 2.75) is 5.92 Å². The van der Waals surface area contributed by atoms with E-state index in [1.165, 1.54) is 6.07 Å². The zero-order chi connectivity index (χ0) is 17.1. The summed E-state index contributed by atoms with van der Waals surface area (Å²) in [5.74, 6) is -1.61. The molecule has 3 aromatic rings. The fourth-order valence-electron chi connectivity index (χ4n) is 2.55. The molecule has 0 spiro atoms. The number of aromatic amines is 1. The zero-order valence-electron chi connectivity index (χ0n) is 12.6. The van der Waals surface area contributed by atoms with E-state index in [4.69, 9.17) is 0 Å². The number of nitrogens with one attached hydrogen (secondary N) is 1. The number of pyridine rings is 1. The lowest BCUT2D eigenvalue weighted by Crippen LogP contribution is -2.40. The van der Waals surface area contributed by atoms with Crippen molar-refractivity contribution in [1.29, 1.82) is 0 Å². The molecule has 0 bridgehead atoms. The first-order chi connectivity index (χ1) is 11.6. The molecule has 1 atom stereocenters. The Kier molecular flexibility index (Phi) is 4.26. The quantitative estimate of drug-likeness (QED) is 0.682. The Morgan fingerprint density at radius 2 is 1.92 bits per heavy atom. The van der Waals surface area contributed by atoms with Crippen molar-refractivity contribution < 1.29 is 19.8 Å². The third-order valence-electron chi connectivity index (χ3n) is 3.71. The smallest absolute Gasteiger partial charge is 0.419 e. The number of carboxylic acid groups (broad SMARTS) is 1. The maximum atomic E-state index is 12.7. The minimum Gasteiger partial charge on any atom is -0.464 e. The molecule has 0 aliphatic carbocycles. The van der Waals surface area contributed by atoms with E-state index in [1.807, 2.05) is 0 Å². The molecule has 24 heavy (non-hydrogen) atoms. The number of aliphatic hydroxyl groups excluding tert-OH is 1. The van der Waals surface area contributed by atoms with Gasteiger partial charge in [-0.15, -0.1) is 0 Å². The minimum atomic E-state index is -1.43. The maximum Gasteiger partial charge on any atom is 0.419 e. The van der Waals surface area contributed by atoms with E-state index >= 15 is 0 Å². The van der Waals surface area contributed by atoms with Crippen LogP contribution in [0.1, 0.15) is 11.5 Å². The van der Waals surface area contributed by atoms with Crippen LogP contribution in [0.4, 0.5) is 10.6 Å².